The third-order valence-corrected chi connectivity index (χ3v) is 3.67. The quantitative estimate of drug-likeness (QED) is 0.465. The van der Waals surface area contributed by atoms with Crippen molar-refractivity contribution in [2.24, 2.45) is 0 Å². The highest BCUT2D eigenvalue weighted by Crippen LogP contribution is 2.26. The average molecular weight is 368 g/mol. The number of benzene rings is 1. The van der Waals surface area contributed by atoms with Gasteiger partial charge in [-0.15, -0.1) is 0 Å². The van der Waals surface area contributed by atoms with Crippen molar-refractivity contribution >= 4 is 11.9 Å². The molecular formula is C18H28N2O6. The van der Waals surface area contributed by atoms with Gasteiger partial charge in [-0.3, -0.25) is 0 Å². The molecule has 0 aliphatic carbocycles. The molecular weight excluding hydrogens is 340 g/mol. The van der Waals surface area contributed by atoms with Crippen molar-refractivity contribution in [2.75, 3.05) is 45.9 Å². The molecule has 1 fully saturated rings. The molecule has 1 aromatic carbocycles. The largest absolute Gasteiger partial charge is 0.490 e. The minimum absolute atomic E-state index is 0.670. The van der Waals surface area contributed by atoms with Gasteiger partial charge < -0.3 is 29.9 Å². The van der Waals surface area contributed by atoms with E-state index < -0.39 is 11.9 Å². The molecule has 0 atom stereocenters. The van der Waals surface area contributed by atoms with Gasteiger partial charge in [-0.1, -0.05) is 12.1 Å². The number of carbonyl (C=O) groups is 2. The summed E-state index contributed by atoms with van der Waals surface area (Å²) in [5.41, 5.74) is 0. The van der Waals surface area contributed by atoms with Gasteiger partial charge in [0.1, 0.15) is 0 Å². The molecule has 1 aliphatic heterocycles. The fourth-order valence-corrected chi connectivity index (χ4v) is 2.40. The number of unbranched alkanes of at least 4 members (excludes halogenated alkanes) is 1. The van der Waals surface area contributed by atoms with Crippen molar-refractivity contribution < 1.29 is 29.3 Å². The smallest absolute Gasteiger partial charge is 0.414 e. The number of hydrogen-bond donors (Lipinski definition) is 3. The van der Waals surface area contributed by atoms with Gasteiger partial charge in [-0.2, -0.15) is 0 Å². The van der Waals surface area contributed by atoms with E-state index in [4.69, 9.17) is 29.3 Å². The Hall–Kier alpha value is -2.32. The van der Waals surface area contributed by atoms with Gasteiger partial charge in [0.2, 0.25) is 0 Å². The number of rotatable bonds is 8. The maximum absolute atomic E-state index is 9.10. The number of piperazine rings is 1. The van der Waals surface area contributed by atoms with Gasteiger partial charge in [-0.05, 0) is 38.4 Å². The van der Waals surface area contributed by atoms with Gasteiger partial charge in [0.15, 0.2) is 11.5 Å². The summed E-state index contributed by atoms with van der Waals surface area (Å²) in [5.74, 6) is -1.95. The van der Waals surface area contributed by atoms with E-state index in [0.29, 0.717) is 6.61 Å². The first-order chi connectivity index (χ1) is 12.5. The monoisotopic (exact) mass is 368 g/mol. The molecule has 0 spiro atoms. The summed E-state index contributed by atoms with van der Waals surface area (Å²) in [6.45, 7) is 9.19. The molecule has 146 valence electrons. The number of carboxylic acid groups (broad SMARTS) is 2. The first-order valence-corrected chi connectivity index (χ1v) is 8.78. The normalized spacial score (nSPS) is 14.0. The van der Waals surface area contributed by atoms with Crippen molar-refractivity contribution in [3.8, 4) is 11.5 Å². The predicted octanol–water partition coefficient (Wildman–Crippen LogP) is 1.31. The van der Waals surface area contributed by atoms with Gasteiger partial charge in [0.25, 0.3) is 0 Å². The predicted molar refractivity (Wildman–Crippen MR) is 96.9 cm³/mol. The summed E-state index contributed by atoms with van der Waals surface area (Å²) in [6, 6.07) is 7.89. The molecule has 2 rings (SSSR count). The van der Waals surface area contributed by atoms with Crippen molar-refractivity contribution in [1.82, 2.24) is 10.2 Å². The van der Waals surface area contributed by atoms with E-state index in [1.54, 1.807) is 0 Å². The summed E-state index contributed by atoms with van der Waals surface area (Å²) in [7, 11) is 0. The van der Waals surface area contributed by atoms with Crippen LogP contribution in [-0.2, 0) is 9.59 Å². The molecule has 1 aromatic rings. The second-order valence-electron chi connectivity index (χ2n) is 5.64. The van der Waals surface area contributed by atoms with E-state index in [0.717, 1.165) is 37.6 Å². The maximum Gasteiger partial charge on any atom is 0.414 e. The standard InChI is InChI=1S/C16H26N2O2.C2H2O4/c1-2-19-15-7-3-4-8-16(15)20-14-6-5-11-18-12-9-17-10-13-18;3-1(4)2(5)6/h3-4,7-8,17H,2,5-6,9-14H2,1H3;(H,3,4)(H,5,6). The third kappa shape index (κ3) is 9.24. The Morgan fingerprint density at radius 1 is 1.04 bits per heavy atom. The minimum Gasteiger partial charge on any atom is -0.490 e. The van der Waals surface area contributed by atoms with Crippen LogP contribution in [-0.4, -0.2) is 73.0 Å². The molecule has 0 unspecified atom stereocenters. The molecule has 1 saturated heterocycles. The van der Waals surface area contributed by atoms with Crippen molar-refractivity contribution in [3.05, 3.63) is 24.3 Å². The van der Waals surface area contributed by atoms with E-state index in [9.17, 15) is 0 Å². The number of aliphatic carboxylic acids is 2. The van der Waals surface area contributed by atoms with Crippen LogP contribution in [0.3, 0.4) is 0 Å². The van der Waals surface area contributed by atoms with E-state index in [-0.39, 0.29) is 0 Å². The van der Waals surface area contributed by atoms with Crippen molar-refractivity contribution in [2.45, 2.75) is 19.8 Å². The zero-order chi connectivity index (χ0) is 19.2. The lowest BCUT2D eigenvalue weighted by molar-refractivity contribution is -0.159. The topological polar surface area (TPSA) is 108 Å². The maximum atomic E-state index is 9.10. The Morgan fingerprint density at radius 3 is 2.15 bits per heavy atom. The lowest BCUT2D eigenvalue weighted by Gasteiger charge is -2.27. The summed E-state index contributed by atoms with van der Waals surface area (Å²) < 4.78 is 11.4. The van der Waals surface area contributed by atoms with Gasteiger partial charge in [0.05, 0.1) is 13.2 Å². The van der Waals surface area contributed by atoms with E-state index in [1.807, 2.05) is 31.2 Å². The fraction of sp³-hybridized carbons (Fsp3) is 0.556. The molecule has 0 radical (unpaired) electrons. The summed E-state index contributed by atoms with van der Waals surface area (Å²) in [4.78, 5) is 20.7. The zero-order valence-corrected chi connectivity index (χ0v) is 15.1. The number of hydrogen-bond acceptors (Lipinski definition) is 6. The molecule has 8 nitrogen and oxygen atoms in total. The zero-order valence-electron chi connectivity index (χ0n) is 15.1. The van der Waals surface area contributed by atoms with Crippen molar-refractivity contribution in [3.63, 3.8) is 0 Å². The van der Waals surface area contributed by atoms with Crippen LogP contribution in [0.4, 0.5) is 0 Å². The Morgan fingerprint density at radius 2 is 1.62 bits per heavy atom. The molecule has 0 saturated carbocycles. The summed E-state index contributed by atoms with van der Waals surface area (Å²) in [5, 5.41) is 18.2. The molecule has 0 aromatic heterocycles. The Kier molecular flexibility index (Phi) is 10.8. The number of nitrogens with one attached hydrogen (secondary N) is 1. The average Bonchev–Trinajstić information content (AvgIpc) is 2.64. The number of carboxylic acids is 2. The molecule has 1 heterocycles. The SMILES string of the molecule is CCOc1ccccc1OCCCCN1CCNCC1.O=C(O)C(=O)O. The van der Waals surface area contributed by atoms with Crippen LogP contribution in [0.2, 0.25) is 0 Å². The summed E-state index contributed by atoms with van der Waals surface area (Å²) in [6.07, 6.45) is 2.28. The first kappa shape index (κ1) is 21.7. The van der Waals surface area contributed by atoms with E-state index >= 15 is 0 Å². The highest BCUT2D eigenvalue weighted by Gasteiger charge is 2.08. The lowest BCUT2D eigenvalue weighted by atomic mass is 10.2. The molecule has 3 N–H and O–H groups in total. The van der Waals surface area contributed by atoms with Crippen molar-refractivity contribution in [1.29, 1.82) is 0 Å². The molecule has 1 aliphatic rings. The minimum atomic E-state index is -1.82. The number of ether oxygens (including phenoxy) is 2. The highest BCUT2D eigenvalue weighted by molar-refractivity contribution is 6.27. The second kappa shape index (κ2) is 13.0. The van der Waals surface area contributed by atoms with E-state index in [2.05, 4.69) is 10.2 Å². The fourth-order valence-electron chi connectivity index (χ4n) is 2.40. The Balaban J connectivity index is 0.000000487. The van der Waals surface area contributed by atoms with Gasteiger partial charge >= 0.3 is 11.9 Å². The second-order valence-corrected chi connectivity index (χ2v) is 5.64. The van der Waals surface area contributed by atoms with Crippen LogP contribution in [0.5, 0.6) is 11.5 Å². The van der Waals surface area contributed by atoms with Gasteiger partial charge in [-0.25, -0.2) is 9.59 Å². The molecule has 8 heteroatoms. The number of para-hydroxylation sites is 2. The van der Waals surface area contributed by atoms with Crippen LogP contribution >= 0.6 is 0 Å². The van der Waals surface area contributed by atoms with E-state index in [1.165, 1.54) is 26.1 Å². The number of nitrogens with zero attached hydrogens (tertiary/aromatic N) is 1. The van der Waals surface area contributed by atoms with Gasteiger partial charge in [0, 0.05) is 26.2 Å². The Bertz CT molecular complexity index is 534. The molecule has 0 amide bonds. The first-order valence-electron chi connectivity index (χ1n) is 8.78. The lowest BCUT2D eigenvalue weighted by Crippen LogP contribution is -2.43. The van der Waals surface area contributed by atoms with Crippen LogP contribution in [0.25, 0.3) is 0 Å². The van der Waals surface area contributed by atoms with Crippen LogP contribution in [0.1, 0.15) is 19.8 Å². The van der Waals surface area contributed by atoms with Crippen LogP contribution < -0.4 is 14.8 Å². The van der Waals surface area contributed by atoms with Crippen LogP contribution in [0.15, 0.2) is 24.3 Å². The van der Waals surface area contributed by atoms with Crippen LogP contribution in [0, 0.1) is 0 Å². The summed E-state index contributed by atoms with van der Waals surface area (Å²) >= 11 is 0. The molecule has 0 bridgehead atoms. The highest BCUT2D eigenvalue weighted by atomic mass is 16.5. The Labute approximate surface area is 153 Å². The molecule has 26 heavy (non-hydrogen) atoms. The third-order valence-electron chi connectivity index (χ3n) is 3.67.